The lowest BCUT2D eigenvalue weighted by molar-refractivity contribution is 0.0796. The molecule has 0 spiro atoms. The van der Waals surface area contributed by atoms with Gasteiger partial charge in [0.05, 0.1) is 36.3 Å². The Labute approximate surface area is 180 Å². The average Bonchev–Trinajstić information content (AvgIpc) is 2.69. The lowest BCUT2D eigenvalue weighted by atomic mass is 10.2. The van der Waals surface area contributed by atoms with Crippen molar-refractivity contribution >= 4 is 29.1 Å². The van der Waals surface area contributed by atoms with Crippen molar-refractivity contribution in [2.45, 2.75) is 6.42 Å². The summed E-state index contributed by atoms with van der Waals surface area (Å²) in [5.41, 5.74) is 0.475. The molecule has 2 aromatic rings. The molecule has 0 fully saturated rings. The molecular formula is C22H19Cl2NO4. The number of rotatable bonds is 9. The summed E-state index contributed by atoms with van der Waals surface area (Å²) in [5, 5.41) is 9.88. The van der Waals surface area contributed by atoms with Gasteiger partial charge in [0.2, 0.25) is 0 Å². The van der Waals surface area contributed by atoms with Crippen molar-refractivity contribution in [1.29, 1.82) is 0 Å². The van der Waals surface area contributed by atoms with Gasteiger partial charge in [-0.05, 0) is 24.3 Å². The van der Waals surface area contributed by atoms with Crippen molar-refractivity contribution in [1.82, 2.24) is 4.90 Å². The number of phenolic OH excluding ortho intramolecular Hbond substituents is 1. The second-order valence-electron chi connectivity index (χ2n) is 5.88. The van der Waals surface area contributed by atoms with Crippen LogP contribution < -0.4 is 9.47 Å². The number of ether oxygens (including phenoxy) is 2. The van der Waals surface area contributed by atoms with E-state index in [1.807, 2.05) is 0 Å². The molecule has 0 saturated carbocycles. The molecule has 7 heteroatoms. The summed E-state index contributed by atoms with van der Waals surface area (Å²) in [6, 6.07) is 9.43. The van der Waals surface area contributed by atoms with E-state index >= 15 is 0 Å². The molecule has 0 aliphatic heterocycles. The van der Waals surface area contributed by atoms with Gasteiger partial charge < -0.3 is 19.5 Å². The van der Waals surface area contributed by atoms with Gasteiger partial charge in [-0.1, -0.05) is 35.0 Å². The number of nitrogens with zero attached hydrogens (tertiary/aromatic N) is 1. The van der Waals surface area contributed by atoms with Crippen LogP contribution in [0.2, 0.25) is 10.0 Å². The second kappa shape index (κ2) is 11.1. The Kier molecular flexibility index (Phi) is 8.55. The van der Waals surface area contributed by atoms with Crippen LogP contribution >= 0.6 is 23.2 Å². The smallest absolute Gasteiger partial charge is 0.255 e. The minimum absolute atomic E-state index is 0.0284. The van der Waals surface area contributed by atoms with Crippen LogP contribution in [0.5, 0.6) is 17.2 Å². The standard InChI is InChI=1S/C22H19Cl2NO4/c1-3-10-25(11-4-2)22(27)16-6-8-18(9-7-16)28-12-5-13-29-21-19(23)14-17(26)15-20(21)24/h1-2,6-9,14-15,26H,5,10-13H2. The van der Waals surface area contributed by atoms with E-state index in [-0.39, 0.29) is 34.8 Å². The summed E-state index contributed by atoms with van der Waals surface area (Å²) in [4.78, 5) is 13.8. The highest BCUT2D eigenvalue weighted by atomic mass is 35.5. The number of carbonyl (C=O) groups is 1. The number of halogens is 2. The van der Waals surface area contributed by atoms with Crippen LogP contribution in [0.3, 0.4) is 0 Å². The summed E-state index contributed by atoms with van der Waals surface area (Å²) in [6.07, 6.45) is 11.1. The van der Waals surface area contributed by atoms with Crippen LogP contribution in [0.4, 0.5) is 0 Å². The predicted octanol–water partition coefficient (Wildman–Crippen LogP) is 4.26. The molecule has 29 heavy (non-hydrogen) atoms. The van der Waals surface area contributed by atoms with Gasteiger partial charge in [-0.25, -0.2) is 0 Å². The van der Waals surface area contributed by atoms with Gasteiger partial charge in [-0.2, -0.15) is 0 Å². The number of terminal acetylenes is 2. The molecule has 0 heterocycles. The molecule has 1 N–H and O–H groups in total. The first-order valence-electron chi connectivity index (χ1n) is 8.66. The highest BCUT2D eigenvalue weighted by Crippen LogP contribution is 2.36. The summed E-state index contributed by atoms with van der Waals surface area (Å²) < 4.78 is 11.2. The van der Waals surface area contributed by atoms with E-state index in [9.17, 15) is 9.90 Å². The molecule has 0 radical (unpaired) electrons. The van der Waals surface area contributed by atoms with Gasteiger partial charge in [0.1, 0.15) is 11.5 Å². The van der Waals surface area contributed by atoms with E-state index in [1.54, 1.807) is 24.3 Å². The van der Waals surface area contributed by atoms with E-state index in [1.165, 1.54) is 17.0 Å². The molecule has 2 rings (SSSR count). The summed E-state index contributed by atoms with van der Waals surface area (Å²) in [6.45, 7) is 1.02. The number of aromatic hydroxyl groups is 1. The Bertz CT molecular complexity index is 890. The monoisotopic (exact) mass is 431 g/mol. The Morgan fingerprint density at radius 1 is 1.00 bits per heavy atom. The van der Waals surface area contributed by atoms with Crippen molar-refractivity contribution in [3.63, 3.8) is 0 Å². The topological polar surface area (TPSA) is 59.0 Å². The highest BCUT2D eigenvalue weighted by Gasteiger charge is 2.14. The summed E-state index contributed by atoms with van der Waals surface area (Å²) in [5.74, 6) is 5.51. The minimum Gasteiger partial charge on any atom is -0.508 e. The molecule has 0 aliphatic carbocycles. The predicted molar refractivity (Wildman–Crippen MR) is 114 cm³/mol. The van der Waals surface area contributed by atoms with Gasteiger partial charge in [0, 0.05) is 24.1 Å². The average molecular weight is 432 g/mol. The SMILES string of the molecule is C#CCN(CC#C)C(=O)c1ccc(OCCCOc2c(Cl)cc(O)cc2Cl)cc1. The minimum atomic E-state index is -0.233. The Morgan fingerprint density at radius 2 is 1.55 bits per heavy atom. The van der Waals surface area contributed by atoms with Gasteiger partial charge in [-0.3, -0.25) is 4.79 Å². The third-order valence-corrected chi connectivity index (χ3v) is 4.30. The molecule has 1 amide bonds. The van der Waals surface area contributed by atoms with Gasteiger partial charge in [0.15, 0.2) is 5.75 Å². The largest absolute Gasteiger partial charge is 0.508 e. The summed E-state index contributed by atoms with van der Waals surface area (Å²) in [7, 11) is 0. The maximum atomic E-state index is 12.4. The van der Waals surface area contributed by atoms with E-state index in [0.29, 0.717) is 36.7 Å². The van der Waals surface area contributed by atoms with Crippen LogP contribution in [-0.2, 0) is 0 Å². The third kappa shape index (κ3) is 6.54. The maximum Gasteiger partial charge on any atom is 0.255 e. The lowest BCUT2D eigenvalue weighted by Gasteiger charge is -2.17. The molecule has 5 nitrogen and oxygen atoms in total. The zero-order valence-corrected chi connectivity index (χ0v) is 17.0. The molecule has 0 bridgehead atoms. The number of carbonyl (C=O) groups excluding carboxylic acids is 1. The Balaban J connectivity index is 1.81. The van der Waals surface area contributed by atoms with Crippen molar-refractivity contribution in [3.8, 4) is 41.9 Å². The number of hydrogen-bond acceptors (Lipinski definition) is 4. The zero-order chi connectivity index (χ0) is 21.2. The Morgan fingerprint density at radius 3 is 2.10 bits per heavy atom. The lowest BCUT2D eigenvalue weighted by Crippen LogP contribution is -2.31. The molecular weight excluding hydrogens is 413 g/mol. The van der Waals surface area contributed by atoms with Crippen molar-refractivity contribution in [2.24, 2.45) is 0 Å². The first kappa shape index (κ1) is 22.3. The fourth-order valence-electron chi connectivity index (χ4n) is 2.40. The molecule has 2 aromatic carbocycles. The van der Waals surface area contributed by atoms with Gasteiger partial charge >= 0.3 is 0 Å². The molecule has 0 aliphatic rings. The molecule has 0 aromatic heterocycles. The number of amides is 1. The van der Waals surface area contributed by atoms with Crippen LogP contribution in [0.25, 0.3) is 0 Å². The van der Waals surface area contributed by atoms with Crippen molar-refractivity contribution < 1.29 is 19.4 Å². The van der Waals surface area contributed by atoms with Crippen LogP contribution in [0.1, 0.15) is 16.8 Å². The number of benzene rings is 2. The highest BCUT2D eigenvalue weighted by molar-refractivity contribution is 6.37. The fourth-order valence-corrected chi connectivity index (χ4v) is 2.99. The molecule has 0 saturated heterocycles. The second-order valence-corrected chi connectivity index (χ2v) is 6.70. The zero-order valence-electron chi connectivity index (χ0n) is 15.5. The van der Waals surface area contributed by atoms with Crippen molar-refractivity contribution in [2.75, 3.05) is 26.3 Å². The third-order valence-electron chi connectivity index (χ3n) is 3.74. The first-order chi connectivity index (χ1) is 14.0. The van der Waals surface area contributed by atoms with Gasteiger partial charge in [-0.15, -0.1) is 12.8 Å². The number of phenols is 1. The molecule has 0 unspecified atom stereocenters. The molecule has 0 atom stereocenters. The van der Waals surface area contributed by atoms with Crippen LogP contribution in [0.15, 0.2) is 36.4 Å². The molecule has 150 valence electrons. The fraction of sp³-hybridized carbons (Fsp3) is 0.227. The van der Waals surface area contributed by atoms with E-state index in [4.69, 9.17) is 45.5 Å². The Hall–Kier alpha value is -2.99. The van der Waals surface area contributed by atoms with E-state index in [0.717, 1.165) is 0 Å². The van der Waals surface area contributed by atoms with Crippen LogP contribution in [0, 0.1) is 24.7 Å². The van der Waals surface area contributed by atoms with Crippen LogP contribution in [-0.4, -0.2) is 42.2 Å². The number of hydrogen-bond donors (Lipinski definition) is 1. The van der Waals surface area contributed by atoms with E-state index in [2.05, 4.69) is 11.8 Å². The van der Waals surface area contributed by atoms with E-state index < -0.39 is 0 Å². The maximum absolute atomic E-state index is 12.4. The normalized spacial score (nSPS) is 9.93. The quantitative estimate of drug-likeness (QED) is 0.476. The van der Waals surface area contributed by atoms with Crippen molar-refractivity contribution in [3.05, 3.63) is 52.0 Å². The van der Waals surface area contributed by atoms with Gasteiger partial charge in [0.25, 0.3) is 5.91 Å². The first-order valence-corrected chi connectivity index (χ1v) is 9.41. The summed E-state index contributed by atoms with van der Waals surface area (Å²) >= 11 is 12.0.